The molecule has 0 unspecified atom stereocenters. The highest BCUT2D eigenvalue weighted by atomic mass is 19.1. The first kappa shape index (κ1) is 12.6. The maximum absolute atomic E-state index is 13.0. The first-order valence-electron chi connectivity index (χ1n) is 6.74. The third kappa shape index (κ3) is 2.86. The average Bonchev–Trinajstić information content (AvgIpc) is 2.38. The lowest BCUT2D eigenvalue weighted by Crippen LogP contribution is -2.39. The highest BCUT2D eigenvalue weighted by Crippen LogP contribution is 2.38. The van der Waals surface area contributed by atoms with Gasteiger partial charge in [-0.25, -0.2) is 4.39 Å². The molecule has 0 atom stereocenters. The predicted molar refractivity (Wildman–Crippen MR) is 69.7 cm³/mol. The standard InChI is InChI=1S/C15H22FN/c1-2-17-12-15(10-4-3-5-11-15)13-6-8-14(16)9-7-13/h6-9,17H,2-5,10-12H2,1H3. The highest BCUT2D eigenvalue weighted by Gasteiger charge is 2.33. The van der Waals surface area contributed by atoms with E-state index in [0.717, 1.165) is 13.1 Å². The molecule has 1 saturated carbocycles. The number of hydrogen-bond donors (Lipinski definition) is 1. The van der Waals surface area contributed by atoms with Crippen LogP contribution in [0.4, 0.5) is 4.39 Å². The van der Waals surface area contributed by atoms with Gasteiger partial charge in [-0.05, 0) is 37.1 Å². The minimum absolute atomic E-state index is 0.136. The van der Waals surface area contributed by atoms with Gasteiger partial charge < -0.3 is 5.32 Å². The Hall–Kier alpha value is -0.890. The zero-order valence-corrected chi connectivity index (χ0v) is 10.6. The summed E-state index contributed by atoms with van der Waals surface area (Å²) < 4.78 is 13.0. The van der Waals surface area contributed by atoms with Gasteiger partial charge in [0.05, 0.1) is 0 Å². The summed E-state index contributed by atoms with van der Waals surface area (Å²) in [7, 11) is 0. The van der Waals surface area contributed by atoms with Crippen LogP contribution in [0.3, 0.4) is 0 Å². The summed E-state index contributed by atoms with van der Waals surface area (Å²) in [6.07, 6.45) is 6.39. The van der Waals surface area contributed by atoms with Crippen molar-refractivity contribution in [2.24, 2.45) is 0 Å². The van der Waals surface area contributed by atoms with Gasteiger partial charge >= 0.3 is 0 Å². The molecule has 94 valence electrons. The number of likely N-dealkylation sites (N-methyl/N-ethyl adjacent to an activating group) is 1. The van der Waals surface area contributed by atoms with Crippen molar-refractivity contribution in [2.45, 2.75) is 44.4 Å². The van der Waals surface area contributed by atoms with Crippen LogP contribution in [-0.2, 0) is 5.41 Å². The zero-order valence-electron chi connectivity index (χ0n) is 10.6. The molecule has 0 heterocycles. The van der Waals surface area contributed by atoms with Crippen molar-refractivity contribution in [3.8, 4) is 0 Å². The lowest BCUT2D eigenvalue weighted by atomic mass is 9.69. The first-order chi connectivity index (χ1) is 8.27. The van der Waals surface area contributed by atoms with E-state index in [9.17, 15) is 4.39 Å². The van der Waals surface area contributed by atoms with Gasteiger partial charge in [0.15, 0.2) is 0 Å². The summed E-state index contributed by atoms with van der Waals surface area (Å²) in [5.41, 5.74) is 1.54. The molecule has 2 heteroatoms. The molecule has 1 fully saturated rings. The lowest BCUT2D eigenvalue weighted by molar-refractivity contribution is 0.281. The third-order valence-corrected chi connectivity index (χ3v) is 3.98. The van der Waals surface area contributed by atoms with Crippen LogP contribution >= 0.6 is 0 Å². The molecule has 1 aliphatic rings. The fourth-order valence-corrected chi connectivity index (χ4v) is 2.96. The molecule has 0 amide bonds. The van der Waals surface area contributed by atoms with Crippen LogP contribution in [-0.4, -0.2) is 13.1 Å². The van der Waals surface area contributed by atoms with Gasteiger partial charge in [-0.1, -0.05) is 38.3 Å². The molecule has 1 aliphatic carbocycles. The Kier molecular flexibility index (Phi) is 4.16. The number of nitrogens with one attached hydrogen (secondary N) is 1. The molecule has 1 aromatic carbocycles. The molecule has 1 nitrogen and oxygen atoms in total. The summed E-state index contributed by atoms with van der Waals surface area (Å²) >= 11 is 0. The minimum atomic E-state index is -0.136. The van der Waals surface area contributed by atoms with E-state index in [1.807, 2.05) is 12.1 Å². The Morgan fingerprint density at radius 3 is 2.35 bits per heavy atom. The molecule has 0 radical (unpaired) electrons. The highest BCUT2D eigenvalue weighted by molar-refractivity contribution is 5.27. The molecule has 0 bridgehead atoms. The van der Waals surface area contributed by atoms with Crippen molar-refractivity contribution in [1.82, 2.24) is 5.32 Å². The third-order valence-electron chi connectivity index (χ3n) is 3.98. The van der Waals surface area contributed by atoms with Crippen molar-refractivity contribution in [3.63, 3.8) is 0 Å². The molecule has 1 N–H and O–H groups in total. The van der Waals surface area contributed by atoms with Crippen LogP contribution in [0, 0.1) is 5.82 Å². The van der Waals surface area contributed by atoms with Crippen molar-refractivity contribution in [1.29, 1.82) is 0 Å². The van der Waals surface area contributed by atoms with E-state index in [4.69, 9.17) is 0 Å². The van der Waals surface area contributed by atoms with Gasteiger partial charge in [0.25, 0.3) is 0 Å². The molecule has 0 aliphatic heterocycles. The van der Waals surface area contributed by atoms with E-state index in [1.165, 1.54) is 37.7 Å². The monoisotopic (exact) mass is 235 g/mol. The van der Waals surface area contributed by atoms with E-state index >= 15 is 0 Å². The zero-order chi connectivity index (χ0) is 12.1. The second-order valence-electron chi connectivity index (χ2n) is 5.13. The van der Waals surface area contributed by atoms with Crippen LogP contribution in [0.25, 0.3) is 0 Å². The SMILES string of the molecule is CCNCC1(c2ccc(F)cc2)CCCCC1. The second-order valence-corrected chi connectivity index (χ2v) is 5.13. The van der Waals surface area contributed by atoms with Crippen LogP contribution in [0.2, 0.25) is 0 Å². The molecular weight excluding hydrogens is 213 g/mol. The molecule has 17 heavy (non-hydrogen) atoms. The summed E-state index contributed by atoms with van der Waals surface area (Å²) in [5, 5.41) is 3.48. The Labute approximate surface area is 103 Å². The Balaban J connectivity index is 2.21. The fourth-order valence-electron chi connectivity index (χ4n) is 2.96. The van der Waals surface area contributed by atoms with Crippen LogP contribution in [0.1, 0.15) is 44.6 Å². The Morgan fingerprint density at radius 2 is 1.76 bits per heavy atom. The number of halogens is 1. The quantitative estimate of drug-likeness (QED) is 0.840. The van der Waals surface area contributed by atoms with Crippen LogP contribution in [0.15, 0.2) is 24.3 Å². The van der Waals surface area contributed by atoms with Gasteiger partial charge in [-0.2, -0.15) is 0 Å². The fraction of sp³-hybridized carbons (Fsp3) is 0.600. The van der Waals surface area contributed by atoms with Gasteiger partial charge in [-0.3, -0.25) is 0 Å². The molecule has 0 saturated heterocycles. The summed E-state index contributed by atoms with van der Waals surface area (Å²) in [6.45, 7) is 4.17. The van der Waals surface area contributed by atoms with E-state index < -0.39 is 0 Å². The summed E-state index contributed by atoms with van der Waals surface area (Å²) in [5.74, 6) is -0.136. The maximum atomic E-state index is 13.0. The van der Waals surface area contributed by atoms with Crippen LogP contribution in [0.5, 0.6) is 0 Å². The minimum Gasteiger partial charge on any atom is -0.316 e. The average molecular weight is 235 g/mol. The largest absolute Gasteiger partial charge is 0.316 e. The smallest absolute Gasteiger partial charge is 0.123 e. The maximum Gasteiger partial charge on any atom is 0.123 e. The van der Waals surface area contributed by atoms with Crippen molar-refractivity contribution < 1.29 is 4.39 Å². The van der Waals surface area contributed by atoms with E-state index in [-0.39, 0.29) is 11.2 Å². The van der Waals surface area contributed by atoms with Crippen molar-refractivity contribution in [2.75, 3.05) is 13.1 Å². The van der Waals surface area contributed by atoms with Gasteiger partial charge in [0.2, 0.25) is 0 Å². The Morgan fingerprint density at radius 1 is 1.12 bits per heavy atom. The van der Waals surface area contributed by atoms with Crippen LogP contribution < -0.4 is 5.32 Å². The predicted octanol–water partition coefficient (Wildman–Crippen LogP) is 3.64. The molecule has 1 aromatic rings. The normalized spacial score (nSPS) is 19.2. The topological polar surface area (TPSA) is 12.0 Å². The Bertz CT molecular complexity index is 338. The molecule has 0 spiro atoms. The number of benzene rings is 1. The van der Waals surface area contributed by atoms with E-state index in [0.29, 0.717) is 0 Å². The van der Waals surface area contributed by atoms with E-state index in [2.05, 4.69) is 12.2 Å². The molecule has 0 aromatic heterocycles. The van der Waals surface area contributed by atoms with Gasteiger partial charge in [-0.15, -0.1) is 0 Å². The molecular formula is C15H22FN. The number of hydrogen-bond acceptors (Lipinski definition) is 1. The van der Waals surface area contributed by atoms with Crippen molar-refractivity contribution in [3.05, 3.63) is 35.6 Å². The van der Waals surface area contributed by atoms with Crippen molar-refractivity contribution >= 4 is 0 Å². The lowest BCUT2D eigenvalue weighted by Gasteiger charge is -2.38. The van der Waals surface area contributed by atoms with Gasteiger partial charge in [0, 0.05) is 12.0 Å². The first-order valence-corrected chi connectivity index (χ1v) is 6.74. The van der Waals surface area contributed by atoms with E-state index in [1.54, 1.807) is 12.1 Å². The summed E-state index contributed by atoms with van der Waals surface area (Å²) in [4.78, 5) is 0. The second kappa shape index (κ2) is 5.63. The summed E-state index contributed by atoms with van der Waals surface area (Å²) in [6, 6.07) is 7.13. The number of rotatable bonds is 4. The molecule has 2 rings (SSSR count). The van der Waals surface area contributed by atoms with Gasteiger partial charge in [0.1, 0.15) is 5.82 Å².